The Morgan fingerprint density at radius 1 is 1.06 bits per heavy atom. The Bertz CT molecular complexity index is 226. The van der Waals surface area contributed by atoms with E-state index in [2.05, 4.69) is 5.32 Å². The van der Waals surface area contributed by atoms with Gasteiger partial charge in [0.15, 0.2) is 0 Å². The quantitative estimate of drug-likeness (QED) is 0.796. The first kappa shape index (κ1) is 12.2. The molecular weight excluding hydrogens is 219 g/mol. The largest absolute Gasteiger partial charge is 0.391 e. The maximum absolute atomic E-state index is 12.6. The fourth-order valence-electron chi connectivity index (χ4n) is 2.64. The van der Waals surface area contributed by atoms with Crippen molar-refractivity contribution in [3.05, 3.63) is 0 Å². The van der Waals surface area contributed by atoms with E-state index in [1.54, 1.807) is 0 Å². The topological polar surface area (TPSA) is 21.3 Å². The van der Waals surface area contributed by atoms with E-state index in [9.17, 15) is 13.2 Å². The van der Waals surface area contributed by atoms with E-state index in [-0.39, 0.29) is 18.5 Å². The molecule has 0 bridgehead atoms. The lowest BCUT2D eigenvalue weighted by molar-refractivity contribution is -0.183. The average molecular weight is 237 g/mol. The molecule has 1 aliphatic carbocycles. The summed E-state index contributed by atoms with van der Waals surface area (Å²) in [6.07, 6.45) is -1.03. The molecule has 5 heteroatoms. The molecule has 0 aromatic heterocycles. The van der Waals surface area contributed by atoms with Crippen molar-refractivity contribution in [2.24, 2.45) is 5.92 Å². The van der Waals surface area contributed by atoms with Crippen LogP contribution in [-0.4, -0.2) is 31.5 Å². The van der Waals surface area contributed by atoms with Crippen LogP contribution in [0.4, 0.5) is 13.2 Å². The predicted octanol–water partition coefficient (Wildman–Crippen LogP) is 2.49. The molecule has 0 amide bonds. The van der Waals surface area contributed by atoms with Gasteiger partial charge in [0.25, 0.3) is 0 Å². The highest BCUT2D eigenvalue weighted by Crippen LogP contribution is 2.37. The number of hydrogen-bond donors (Lipinski definition) is 1. The normalized spacial score (nSPS) is 36.6. The molecule has 1 saturated carbocycles. The average Bonchev–Trinajstić information content (AvgIpc) is 2.70. The van der Waals surface area contributed by atoms with Gasteiger partial charge in [0.1, 0.15) is 0 Å². The monoisotopic (exact) mass is 237 g/mol. The Balaban J connectivity index is 1.81. The predicted molar refractivity (Wildman–Crippen MR) is 54.2 cm³/mol. The first-order chi connectivity index (χ1) is 7.55. The summed E-state index contributed by atoms with van der Waals surface area (Å²) in [6.45, 7) is 1.38. The van der Waals surface area contributed by atoms with Crippen molar-refractivity contribution in [2.45, 2.75) is 50.4 Å². The molecule has 1 heterocycles. The van der Waals surface area contributed by atoms with Crippen molar-refractivity contribution in [2.75, 3.05) is 13.2 Å². The van der Waals surface area contributed by atoms with Crippen LogP contribution < -0.4 is 5.32 Å². The second kappa shape index (κ2) is 4.92. The Hall–Kier alpha value is -0.290. The summed E-state index contributed by atoms with van der Waals surface area (Å²) >= 11 is 0. The molecule has 3 atom stereocenters. The molecule has 1 saturated heterocycles. The van der Waals surface area contributed by atoms with E-state index in [4.69, 9.17) is 4.74 Å². The summed E-state index contributed by atoms with van der Waals surface area (Å²) in [5, 5.41) is 3.29. The number of halogens is 3. The third kappa shape index (κ3) is 3.10. The van der Waals surface area contributed by atoms with Gasteiger partial charge in [0.05, 0.1) is 12.5 Å². The van der Waals surface area contributed by atoms with E-state index in [0.29, 0.717) is 19.4 Å². The summed E-state index contributed by atoms with van der Waals surface area (Å²) < 4.78 is 42.9. The van der Waals surface area contributed by atoms with Crippen molar-refractivity contribution in [1.29, 1.82) is 0 Å². The fraction of sp³-hybridized carbons (Fsp3) is 1.00. The van der Waals surface area contributed by atoms with Crippen molar-refractivity contribution in [3.63, 3.8) is 0 Å². The molecule has 0 aromatic carbocycles. The van der Waals surface area contributed by atoms with Crippen LogP contribution in [0.2, 0.25) is 0 Å². The van der Waals surface area contributed by atoms with Gasteiger partial charge in [-0.15, -0.1) is 0 Å². The molecule has 2 nitrogen and oxygen atoms in total. The lowest BCUT2D eigenvalue weighted by Crippen LogP contribution is -2.43. The lowest BCUT2D eigenvalue weighted by atomic mass is 9.85. The Morgan fingerprint density at radius 2 is 1.88 bits per heavy atom. The molecule has 1 aliphatic heterocycles. The Labute approximate surface area is 93.5 Å². The van der Waals surface area contributed by atoms with Gasteiger partial charge >= 0.3 is 6.18 Å². The highest BCUT2D eigenvalue weighted by molar-refractivity contribution is 4.85. The van der Waals surface area contributed by atoms with Crippen LogP contribution >= 0.6 is 0 Å². The third-order valence-corrected chi connectivity index (χ3v) is 3.54. The highest BCUT2D eigenvalue weighted by Gasteiger charge is 2.42. The zero-order valence-corrected chi connectivity index (χ0v) is 9.22. The Kier molecular flexibility index (Phi) is 3.74. The van der Waals surface area contributed by atoms with Gasteiger partial charge in [-0.05, 0) is 25.7 Å². The zero-order valence-electron chi connectivity index (χ0n) is 9.22. The standard InChI is InChI=1S/C11H18F3NO/c12-11(13,14)8-2-1-3-9(6-8)15-10-4-5-16-7-10/h8-10,15H,1-7H2. The minimum absolute atomic E-state index is 0.0204. The fourth-order valence-corrected chi connectivity index (χ4v) is 2.64. The van der Waals surface area contributed by atoms with Crippen LogP contribution in [0.5, 0.6) is 0 Å². The van der Waals surface area contributed by atoms with Gasteiger partial charge in [-0.3, -0.25) is 0 Å². The van der Waals surface area contributed by atoms with E-state index < -0.39 is 12.1 Å². The Morgan fingerprint density at radius 3 is 2.50 bits per heavy atom. The summed E-state index contributed by atoms with van der Waals surface area (Å²) in [5.74, 6) is -1.11. The minimum atomic E-state index is -4.02. The van der Waals surface area contributed by atoms with Crippen LogP contribution in [0.3, 0.4) is 0 Å². The number of ether oxygens (including phenoxy) is 1. The van der Waals surface area contributed by atoms with E-state index in [0.717, 1.165) is 19.4 Å². The van der Waals surface area contributed by atoms with Crippen LogP contribution in [-0.2, 0) is 4.74 Å². The smallest absolute Gasteiger partial charge is 0.380 e. The maximum Gasteiger partial charge on any atom is 0.391 e. The van der Waals surface area contributed by atoms with Gasteiger partial charge in [-0.2, -0.15) is 13.2 Å². The molecule has 2 rings (SSSR count). The van der Waals surface area contributed by atoms with E-state index in [1.165, 1.54) is 0 Å². The van der Waals surface area contributed by atoms with Crippen molar-refractivity contribution >= 4 is 0 Å². The summed E-state index contributed by atoms with van der Waals surface area (Å²) in [6, 6.07) is 0.282. The van der Waals surface area contributed by atoms with Gasteiger partial charge in [-0.25, -0.2) is 0 Å². The molecule has 0 aromatic rings. The molecule has 2 aliphatic rings. The molecule has 0 radical (unpaired) electrons. The molecule has 2 fully saturated rings. The van der Waals surface area contributed by atoms with Crippen molar-refractivity contribution in [1.82, 2.24) is 5.32 Å². The SMILES string of the molecule is FC(F)(F)C1CCCC(NC2CCOC2)C1. The minimum Gasteiger partial charge on any atom is -0.380 e. The molecular formula is C11H18F3NO. The summed E-state index contributed by atoms with van der Waals surface area (Å²) in [4.78, 5) is 0. The molecule has 94 valence electrons. The van der Waals surface area contributed by atoms with Crippen molar-refractivity contribution in [3.8, 4) is 0 Å². The number of nitrogens with one attached hydrogen (secondary N) is 1. The molecule has 16 heavy (non-hydrogen) atoms. The summed E-state index contributed by atoms with van der Waals surface area (Å²) in [7, 11) is 0. The van der Waals surface area contributed by atoms with Crippen LogP contribution in [0.15, 0.2) is 0 Å². The van der Waals surface area contributed by atoms with Gasteiger partial charge in [-0.1, -0.05) is 6.42 Å². The summed E-state index contributed by atoms with van der Waals surface area (Å²) in [5.41, 5.74) is 0. The maximum atomic E-state index is 12.6. The van der Waals surface area contributed by atoms with Gasteiger partial charge in [0.2, 0.25) is 0 Å². The number of hydrogen-bond acceptors (Lipinski definition) is 2. The first-order valence-corrected chi connectivity index (χ1v) is 5.96. The zero-order chi connectivity index (χ0) is 11.6. The highest BCUT2D eigenvalue weighted by atomic mass is 19.4. The van der Waals surface area contributed by atoms with Gasteiger partial charge < -0.3 is 10.1 Å². The second-order valence-corrected chi connectivity index (χ2v) is 4.83. The first-order valence-electron chi connectivity index (χ1n) is 5.96. The van der Waals surface area contributed by atoms with Crippen LogP contribution in [0.1, 0.15) is 32.1 Å². The van der Waals surface area contributed by atoms with Crippen LogP contribution in [0, 0.1) is 5.92 Å². The van der Waals surface area contributed by atoms with Gasteiger partial charge in [0, 0.05) is 18.7 Å². The van der Waals surface area contributed by atoms with Crippen molar-refractivity contribution < 1.29 is 17.9 Å². The third-order valence-electron chi connectivity index (χ3n) is 3.54. The molecule has 0 spiro atoms. The number of alkyl halides is 3. The number of rotatable bonds is 2. The molecule has 1 N–H and O–H groups in total. The van der Waals surface area contributed by atoms with Crippen LogP contribution in [0.25, 0.3) is 0 Å². The van der Waals surface area contributed by atoms with E-state index in [1.807, 2.05) is 0 Å². The second-order valence-electron chi connectivity index (χ2n) is 4.83. The molecule has 3 unspecified atom stereocenters. The van der Waals surface area contributed by atoms with E-state index >= 15 is 0 Å². The lowest BCUT2D eigenvalue weighted by Gasteiger charge is -2.32.